The smallest absolute Gasteiger partial charge is 0.251 e. The van der Waals surface area contributed by atoms with Gasteiger partial charge in [-0.25, -0.2) is 0 Å². The van der Waals surface area contributed by atoms with Crippen molar-refractivity contribution in [3.63, 3.8) is 0 Å². The van der Waals surface area contributed by atoms with Crippen LogP contribution in [-0.2, 0) is 9.53 Å². The lowest BCUT2D eigenvalue weighted by atomic mass is 10.2. The molecule has 0 saturated heterocycles. The number of nitrogens with one attached hydrogen (secondary N) is 2. The summed E-state index contributed by atoms with van der Waals surface area (Å²) < 4.78 is 6.77. The van der Waals surface area contributed by atoms with Crippen LogP contribution in [0.15, 0.2) is 48.8 Å². The number of methoxy groups -OCH3 is 1. The highest BCUT2D eigenvalue weighted by molar-refractivity contribution is 5.96. The quantitative estimate of drug-likeness (QED) is 0.749. The fourth-order valence-corrected chi connectivity index (χ4v) is 1.91. The van der Waals surface area contributed by atoms with E-state index in [0.29, 0.717) is 18.7 Å². The van der Waals surface area contributed by atoms with Crippen molar-refractivity contribution < 1.29 is 14.3 Å². The molecule has 1 aromatic carbocycles. The van der Waals surface area contributed by atoms with Gasteiger partial charge in [-0.1, -0.05) is 0 Å². The molecular weight excluding hydrogens is 282 g/mol. The number of aromatic nitrogens is 1. The highest BCUT2D eigenvalue weighted by atomic mass is 16.5. The fraction of sp³-hybridized carbons (Fsp3) is 0.250. The van der Waals surface area contributed by atoms with Crippen molar-refractivity contribution in [3.8, 4) is 5.69 Å². The standard InChI is InChI=1S/C16H19N3O3/c1-22-11-8-17-15(20)12-18-16(21)13-4-6-14(7-5-13)19-9-2-3-10-19/h2-7,9-10H,8,11-12H2,1H3,(H,17,20)(H,18,21). The Hall–Kier alpha value is -2.60. The predicted octanol–water partition coefficient (Wildman–Crippen LogP) is 0.970. The molecule has 2 rings (SSSR count). The highest BCUT2D eigenvalue weighted by Crippen LogP contribution is 2.09. The average molecular weight is 301 g/mol. The van der Waals surface area contributed by atoms with Crippen LogP contribution in [0.5, 0.6) is 0 Å². The molecule has 1 aromatic heterocycles. The summed E-state index contributed by atoms with van der Waals surface area (Å²) in [5, 5.41) is 5.22. The summed E-state index contributed by atoms with van der Waals surface area (Å²) in [7, 11) is 1.56. The molecule has 0 aliphatic heterocycles. The molecule has 2 amide bonds. The zero-order chi connectivity index (χ0) is 15.8. The Labute approximate surface area is 129 Å². The summed E-state index contributed by atoms with van der Waals surface area (Å²) >= 11 is 0. The molecule has 2 N–H and O–H groups in total. The van der Waals surface area contributed by atoms with E-state index in [1.165, 1.54) is 0 Å². The molecule has 0 spiro atoms. The van der Waals surface area contributed by atoms with E-state index in [-0.39, 0.29) is 18.4 Å². The van der Waals surface area contributed by atoms with Gasteiger partial charge in [-0.15, -0.1) is 0 Å². The molecule has 1 heterocycles. The Morgan fingerprint density at radius 2 is 1.77 bits per heavy atom. The Balaban J connectivity index is 1.84. The van der Waals surface area contributed by atoms with Gasteiger partial charge in [-0.05, 0) is 36.4 Å². The van der Waals surface area contributed by atoms with Gasteiger partial charge in [-0.3, -0.25) is 9.59 Å². The van der Waals surface area contributed by atoms with Crippen LogP contribution in [-0.4, -0.2) is 43.2 Å². The molecule has 0 radical (unpaired) electrons. The second-order valence-corrected chi connectivity index (χ2v) is 4.66. The van der Waals surface area contributed by atoms with Crippen LogP contribution < -0.4 is 10.6 Å². The minimum absolute atomic E-state index is 0.0537. The van der Waals surface area contributed by atoms with E-state index in [9.17, 15) is 9.59 Å². The summed E-state index contributed by atoms with van der Waals surface area (Å²) in [6.07, 6.45) is 3.86. The van der Waals surface area contributed by atoms with E-state index >= 15 is 0 Å². The van der Waals surface area contributed by atoms with Gasteiger partial charge < -0.3 is 19.9 Å². The van der Waals surface area contributed by atoms with E-state index in [2.05, 4.69) is 10.6 Å². The topological polar surface area (TPSA) is 72.4 Å². The lowest BCUT2D eigenvalue weighted by molar-refractivity contribution is -0.120. The zero-order valence-corrected chi connectivity index (χ0v) is 12.4. The third-order valence-electron chi connectivity index (χ3n) is 3.07. The number of amides is 2. The molecule has 6 heteroatoms. The van der Waals surface area contributed by atoms with Gasteiger partial charge in [0.1, 0.15) is 0 Å². The van der Waals surface area contributed by atoms with Gasteiger partial charge in [0.2, 0.25) is 5.91 Å². The molecular formula is C16H19N3O3. The van der Waals surface area contributed by atoms with Gasteiger partial charge in [0.15, 0.2) is 0 Å². The number of ether oxygens (including phenoxy) is 1. The second kappa shape index (κ2) is 7.99. The molecule has 0 aliphatic carbocycles. The first kappa shape index (κ1) is 15.8. The van der Waals surface area contributed by atoms with Crippen molar-refractivity contribution in [1.29, 1.82) is 0 Å². The van der Waals surface area contributed by atoms with E-state index in [1.54, 1.807) is 19.2 Å². The van der Waals surface area contributed by atoms with Crippen molar-refractivity contribution in [3.05, 3.63) is 54.4 Å². The van der Waals surface area contributed by atoms with Crippen LogP contribution in [0.3, 0.4) is 0 Å². The summed E-state index contributed by atoms with van der Waals surface area (Å²) in [4.78, 5) is 23.4. The molecule has 2 aromatic rings. The Bertz CT molecular complexity index is 606. The molecule has 0 aliphatic rings. The largest absolute Gasteiger partial charge is 0.383 e. The van der Waals surface area contributed by atoms with Gasteiger partial charge in [-0.2, -0.15) is 0 Å². The normalized spacial score (nSPS) is 10.2. The van der Waals surface area contributed by atoms with Crippen LogP contribution in [0.1, 0.15) is 10.4 Å². The maximum atomic E-state index is 12.0. The molecule has 22 heavy (non-hydrogen) atoms. The number of carbonyl (C=O) groups is 2. The van der Waals surface area contributed by atoms with E-state index in [0.717, 1.165) is 5.69 Å². The van der Waals surface area contributed by atoms with Crippen LogP contribution in [0.4, 0.5) is 0 Å². The zero-order valence-electron chi connectivity index (χ0n) is 12.4. The monoisotopic (exact) mass is 301 g/mol. The predicted molar refractivity (Wildman–Crippen MR) is 83.0 cm³/mol. The number of rotatable bonds is 7. The average Bonchev–Trinajstić information content (AvgIpc) is 3.07. The lowest BCUT2D eigenvalue weighted by Gasteiger charge is -2.07. The van der Waals surface area contributed by atoms with Crippen molar-refractivity contribution >= 4 is 11.8 Å². The lowest BCUT2D eigenvalue weighted by Crippen LogP contribution is -2.38. The molecule has 0 unspecified atom stereocenters. The third kappa shape index (κ3) is 4.46. The van der Waals surface area contributed by atoms with Gasteiger partial charge in [0.05, 0.1) is 13.2 Å². The maximum Gasteiger partial charge on any atom is 0.251 e. The number of hydrogen-bond acceptors (Lipinski definition) is 3. The number of nitrogens with zero attached hydrogens (tertiary/aromatic N) is 1. The molecule has 0 fully saturated rings. The van der Waals surface area contributed by atoms with E-state index < -0.39 is 0 Å². The van der Waals surface area contributed by atoms with Crippen LogP contribution in [0.25, 0.3) is 5.69 Å². The Morgan fingerprint density at radius 3 is 2.41 bits per heavy atom. The number of benzene rings is 1. The van der Waals surface area contributed by atoms with Crippen LogP contribution >= 0.6 is 0 Å². The molecule has 116 valence electrons. The molecule has 0 atom stereocenters. The van der Waals surface area contributed by atoms with Gasteiger partial charge >= 0.3 is 0 Å². The third-order valence-corrected chi connectivity index (χ3v) is 3.07. The van der Waals surface area contributed by atoms with Gasteiger partial charge in [0.25, 0.3) is 5.91 Å². The van der Waals surface area contributed by atoms with Crippen molar-refractivity contribution in [2.24, 2.45) is 0 Å². The van der Waals surface area contributed by atoms with E-state index in [4.69, 9.17) is 4.74 Å². The first-order chi connectivity index (χ1) is 10.7. The minimum Gasteiger partial charge on any atom is -0.383 e. The van der Waals surface area contributed by atoms with Crippen molar-refractivity contribution in [1.82, 2.24) is 15.2 Å². The Morgan fingerprint density at radius 1 is 1.09 bits per heavy atom. The summed E-state index contributed by atoms with van der Waals surface area (Å²) in [6, 6.07) is 11.0. The first-order valence-corrected chi connectivity index (χ1v) is 6.98. The second-order valence-electron chi connectivity index (χ2n) is 4.66. The maximum absolute atomic E-state index is 12.0. The van der Waals surface area contributed by atoms with E-state index in [1.807, 2.05) is 41.2 Å². The molecule has 0 bridgehead atoms. The number of hydrogen-bond donors (Lipinski definition) is 2. The molecule has 6 nitrogen and oxygen atoms in total. The van der Waals surface area contributed by atoms with Crippen molar-refractivity contribution in [2.75, 3.05) is 26.8 Å². The van der Waals surface area contributed by atoms with Crippen LogP contribution in [0.2, 0.25) is 0 Å². The molecule has 0 saturated carbocycles. The summed E-state index contributed by atoms with van der Waals surface area (Å²) in [6.45, 7) is 0.819. The van der Waals surface area contributed by atoms with Gasteiger partial charge in [0, 0.05) is 37.3 Å². The van der Waals surface area contributed by atoms with Crippen molar-refractivity contribution in [2.45, 2.75) is 0 Å². The van der Waals surface area contributed by atoms with Crippen LogP contribution in [0, 0.1) is 0 Å². The first-order valence-electron chi connectivity index (χ1n) is 6.98. The number of carbonyl (C=O) groups excluding carboxylic acids is 2. The summed E-state index contributed by atoms with van der Waals surface area (Å²) in [5.41, 5.74) is 1.49. The fourth-order valence-electron chi connectivity index (χ4n) is 1.91. The highest BCUT2D eigenvalue weighted by Gasteiger charge is 2.07. The SMILES string of the molecule is COCCNC(=O)CNC(=O)c1ccc(-n2cccc2)cc1. The summed E-state index contributed by atoms with van der Waals surface area (Å²) in [5.74, 6) is -0.518. The minimum atomic E-state index is -0.277. The Kier molecular flexibility index (Phi) is 5.73.